The maximum atomic E-state index is 13.2. The molecule has 1 N–H and O–H groups in total. The standard InChI is InChI=1S/C24H22ClFN2O3/c1-4-5-15(2)14-31-28-16(3)21-12-18(25)8-11-20(21)22(24(28)30)23(29)27-13-17-6-9-19(26)10-7-17/h4-12,22H,1,3,13-14H2,2H3,(H,27,29). The molecule has 1 aliphatic heterocycles. The number of hydroxylamine groups is 2. The molecule has 1 atom stereocenters. The van der Waals surface area contributed by atoms with Gasteiger partial charge in [-0.25, -0.2) is 4.39 Å². The molecule has 160 valence electrons. The topological polar surface area (TPSA) is 58.6 Å². The lowest BCUT2D eigenvalue weighted by Crippen LogP contribution is -2.44. The van der Waals surface area contributed by atoms with Crippen LogP contribution < -0.4 is 5.32 Å². The minimum absolute atomic E-state index is 0.122. The molecule has 0 radical (unpaired) electrons. The molecule has 2 aromatic carbocycles. The van der Waals surface area contributed by atoms with Gasteiger partial charge in [0, 0.05) is 17.1 Å². The summed E-state index contributed by atoms with van der Waals surface area (Å²) in [5.74, 6) is -2.56. The number of nitrogens with one attached hydrogen (secondary N) is 1. The van der Waals surface area contributed by atoms with Crippen LogP contribution in [0.5, 0.6) is 0 Å². The molecule has 1 aliphatic rings. The first-order chi connectivity index (χ1) is 14.8. The Morgan fingerprint density at radius 1 is 1.29 bits per heavy atom. The van der Waals surface area contributed by atoms with Gasteiger partial charge in [0.1, 0.15) is 11.7 Å². The van der Waals surface area contributed by atoms with E-state index in [0.29, 0.717) is 27.4 Å². The lowest BCUT2D eigenvalue weighted by molar-refractivity contribution is -0.168. The number of rotatable bonds is 7. The van der Waals surface area contributed by atoms with E-state index < -0.39 is 17.7 Å². The van der Waals surface area contributed by atoms with Crippen LogP contribution in [-0.2, 0) is 21.0 Å². The first-order valence-corrected chi connectivity index (χ1v) is 9.95. The van der Waals surface area contributed by atoms with Gasteiger partial charge in [-0.2, -0.15) is 5.06 Å². The maximum absolute atomic E-state index is 13.2. The molecule has 0 aromatic heterocycles. The van der Waals surface area contributed by atoms with Gasteiger partial charge in [0.05, 0.1) is 12.3 Å². The molecule has 2 aromatic rings. The van der Waals surface area contributed by atoms with Crippen LogP contribution in [0.3, 0.4) is 0 Å². The summed E-state index contributed by atoms with van der Waals surface area (Å²) in [5.41, 5.74) is 2.90. The van der Waals surface area contributed by atoms with Gasteiger partial charge >= 0.3 is 0 Å². The van der Waals surface area contributed by atoms with Crippen molar-refractivity contribution >= 4 is 29.1 Å². The zero-order valence-corrected chi connectivity index (χ0v) is 17.8. The molecular weight excluding hydrogens is 419 g/mol. The summed E-state index contributed by atoms with van der Waals surface area (Å²) in [4.78, 5) is 31.9. The fraction of sp³-hybridized carbons (Fsp3) is 0.167. The van der Waals surface area contributed by atoms with E-state index in [1.165, 1.54) is 12.1 Å². The lowest BCUT2D eigenvalue weighted by atomic mass is 9.87. The molecule has 1 heterocycles. The Balaban J connectivity index is 1.87. The van der Waals surface area contributed by atoms with Crippen LogP contribution in [0.15, 0.2) is 73.3 Å². The number of hydrogen-bond donors (Lipinski definition) is 1. The van der Waals surface area contributed by atoms with Crippen LogP contribution in [0, 0.1) is 5.82 Å². The summed E-state index contributed by atoms with van der Waals surface area (Å²) < 4.78 is 13.1. The van der Waals surface area contributed by atoms with Crippen molar-refractivity contribution in [1.29, 1.82) is 0 Å². The van der Waals surface area contributed by atoms with Crippen molar-refractivity contribution in [2.24, 2.45) is 0 Å². The number of allylic oxidation sites excluding steroid dienone is 2. The zero-order valence-electron chi connectivity index (χ0n) is 17.0. The Bertz CT molecular complexity index is 1060. The van der Waals surface area contributed by atoms with Crippen molar-refractivity contribution in [3.8, 4) is 0 Å². The van der Waals surface area contributed by atoms with Gasteiger partial charge < -0.3 is 5.32 Å². The first-order valence-electron chi connectivity index (χ1n) is 9.57. The van der Waals surface area contributed by atoms with E-state index in [-0.39, 0.29) is 19.0 Å². The van der Waals surface area contributed by atoms with Gasteiger partial charge in [0.25, 0.3) is 5.91 Å². The Morgan fingerprint density at radius 3 is 2.68 bits per heavy atom. The average Bonchev–Trinajstić information content (AvgIpc) is 2.74. The second kappa shape index (κ2) is 9.73. The summed E-state index contributed by atoms with van der Waals surface area (Å²) in [6, 6.07) is 10.7. The summed E-state index contributed by atoms with van der Waals surface area (Å²) in [7, 11) is 0. The van der Waals surface area contributed by atoms with Crippen LogP contribution in [-0.4, -0.2) is 23.5 Å². The smallest absolute Gasteiger partial charge is 0.267 e. The van der Waals surface area contributed by atoms with E-state index in [1.807, 2.05) is 6.92 Å². The second-order valence-electron chi connectivity index (χ2n) is 7.11. The minimum atomic E-state index is -1.14. The van der Waals surface area contributed by atoms with Gasteiger partial charge in [-0.05, 0) is 47.9 Å². The molecule has 1 unspecified atom stereocenters. The van der Waals surface area contributed by atoms with Gasteiger partial charge in [0.2, 0.25) is 5.91 Å². The van der Waals surface area contributed by atoms with Crippen molar-refractivity contribution in [3.63, 3.8) is 0 Å². The van der Waals surface area contributed by atoms with Crippen LogP contribution >= 0.6 is 11.6 Å². The van der Waals surface area contributed by atoms with Crippen LogP contribution in [0.25, 0.3) is 5.70 Å². The number of amides is 2. The molecule has 2 amide bonds. The normalized spacial score (nSPS) is 16.2. The summed E-state index contributed by atoms with van der Waals surface area (Å²) >= 11 is 6.14. The highest BCUT2D eigenvalue weighted by atomic mass is 35.5. The molecule has 0 spiro atoms. The number of fused-ring (bicyclic) bond motifs is 1. The van der Waals surface area contributed by atoms with Gasteiger partial charge in [-0.1, -0.05) is 55.1 Å². The SMILES string of the molecule is C=CC=C(C)CON1C(=C)c2cc(Cl)ccc2C(C(=O)NCc2ccc(F)cc2)C1=O. The fourth-order valence-electron chi connectivity index (χ4n) is 3.23. The third-order valence-corrected chi connectivity index (χ3v) is 5.03. The van der Waals surface area contributed by atoms with E-state index in [0.717, 1.165) is 10.6 Å². The average molecular weight is 441 g/mol. The van der Waals surface area contributed by atoms with E-state index in [9.17, 15) is 14.0 Å². The Labute approximate surface area is 185 Å². The molecule has 3 rings (SSSR count). The molecule has 0 aliphatic carbocycles. The first kappa shape index (κ1) is 22.5. The van der Waals surface area contributed by atoms with Crippen molar-refractivity contribution in [3.05, 3.63) is 101 Å². The molecule has 7 heteroatoms. The molecule has 0 saturated carbocycles. The molecular formula is C24H22ClFN2O3. The van der Waals surface area contributed by atoms with E-state index in [4.69, 9.17) is 16.4 Å². The fourth-order valence-corrected chi connectivity index (χ4v) is 3.40. The zero-order chi connectivity index (χ0) is 22.5. The number of hydrogen-bond acceptors (Lipinski definition) is 3. The molecule has 0 saturated heterocycles. The van der Waals surface area contributed by atoms with Crippen LogP contribution in [0.2, 0.25) is 5.02 Å². The van der Waals surface area contributed by atoms with Gasteiger partial charge in [0.15, 0.2) is 0 Å². The highest BCUT2D eigenvalue weighted by molar-refractivity contribution is 6.31. The molecule has 0 fully saturated rings. The Hall–Kier alpha value is -3.22. The van der Waals surface area contributed by atoms with Gasteiger partial charge in [-0.15, -0.1) is 0 Å². The second-order valence-corrected chi connectivity index (χ2v) is 7.55. The number of halogens is 2. The highest BCUT2D eigenvalue weighted by Crippen LogP contribution is 2.37. The largest absolute Gasteiger partial charge is 0.351 e. The number of carbonyl (C=O) groups is 2. The quantitative estimate of drug-likeness (QED) is 0.499. The Kier molecular flexibility index (Phi) is 7.05. The highest BCUT2D eigenvalue weighted by Gasteiger charge is 2.41. The summed E-state index contributed by atoms with van der Waals surface area (Å²) in [6.07, 6.45) is 3.38. The summed E-state index contributed by atoms with van der Waals surface area (Å²) in [6.45, 7) is 9.69. The van der Waals surface area contributed by atoms with Gasteiger partial charge in [-0.3, -0.25) is 14.4 Å². The van der Waals surface area contributed by atoms with E-state index in [1.54, 1.807) is 42.5 Å². The predicted octanol–water partition coefficient (Wildman–Crippen LogP) is 4.76. The van der Waals surface area contributed by atoms with E-state index in [2.05, 4.69) is 18.5 Å². The third kappa shape index (κ3) is 5.10. The lowest BCUT2D eigenvalue weighted by Gasteiger charge is -2.34. The van der Waals surface area contributed by atoms with E-state index >= 15 is 0 Å². The van der Waals surface area contributed by atoms with Crippen molar-refractivity contribution in [1.82, 2.24) is 10.4 Å². The van der Waals surface area contributed by atoms with Crippen molar-refractivity contribution in [2.75, 3.05) is 6.61 Å². The molecule has 0 bridgehead atoms. The third-order valence-electron chi connectivity index (χ3n) is 4.80. The maximum Gasteiger partial charge on any atom is 0.267 e. The number of carbonyl (C=O) groups excluding carboxylic acids is 2. The summed E-state index contributed by atoms with van der Waals surface area (Å²) in [5, 5.41) is 4.23. The number of nitrogens with zero attached hydrogens (tertiary/aromatic N) is 1. The van der Waals surface area contributed by atoms with Crippen LogP contribution in [0.1, 0.15) is 29.5 Å². The number of benzene rings is 2. The van der Waals surface area contributed by atoms with Crippen molar-refractivity contribution in [2.45, 2.75) is 19.4 Å². The minimum Gasteiger partial charge on any atom is -0.351 e. The van der Waals surface area contributed by atoms with Crippen molar-refractivity contribution < 1.29 is 18.8 Å². The molecule has 31 heavy (non-hydrogen) atoms. The monoisotopic (exact) mass is 440 g/mol. The van der Waals surface area contributed by atoms with Crippen LogP contribution in [0.4, 0.5) is 4.39 Å². The predicted molar refractivity (Wildman–Crippen MR) is 118 cm³/mol. The molecule has 5 nitrogen and oxygen atoms in total. The Morgan fingerprint density at radius 2 is 2.00 bits per heavy atom.